The monoisotopic (exact) mass is 337 g/mol. The highest BCUT2D eigenvalue weighted by Crippen LogP contribution is 2.36. The van der Waals surface area contributed by atoms with E-state index in [4.69, 9.17) is 0 Å². The first-order valence-electron chi connectivity index (χ1n) is 7.90. The molecule has 3 heterocycles. The third-order valence-electron chi connectivity index (χ3n) is 4.90. The molecule has 1 atom stereocenters. The Morgan fingerprint density at radius 2 is 2.22 bits per heavy atom. The molecule has 0 amide bonds. The Morgan fingerprint density at radius 1 is 1.43 bits per heavy atom. The standard InChI is InChI=1S/C15H20FN5OS/c1-20(15-13-2-3-17-14(13)18-9-19-15)12-4-10(5-12)8-23(22)21-6-11(16)7-21/h2-3,9-12H,4-8H2,1H3,(H,17,18,19)/t10-,12+,23?. The van der Waals surface area contributed by atoms with Crippen LogP contribution in [0.4, 0.5) is 10.2 Å². The number of aromatic amines is 1. The van der Waals surface area contributed by atoms with Gasteiger partial charge in [-0.2, -0.15) is 0 Å². The third kappa shape index (κ3) is 2.79. The maximum absolute atomic E-state index is 12.8. The second-order valence-electron chi connectivity index (χ2n) is 6.47. The molecule has 6 nitrogen and oxygen atoms in total. The van der Waals surface area contributed by atoms with Crippen LogP contribution in [-0.4, -0.2) is 61.9 Å². The summed E-state index contributed by atoms with van der Waals surface area (Å²) < 4.78 is 26.6. The van der Waals surface area contributed by atoms with Crippen molar-refractivity contribution in [3.8, 4) is 0 Å². The summed E-state index contributed by atoms with van der Waals surface area (Å²) in [6.45, 7) is 0.657. The van der Waals surface area contributed by atoms with Crippen molar-refractivity contribution in [1.29, 1.82) is 0 Å². The first-order chi connectivity index (χ1) is 11.1. The number of H-pyrrole nitrogens is 1. The highest BCUT2D eigenvalue weighted by molar-refractivity contribution is 7.89. The molecule has 1 saturated heterocycles. The lowest BCUT2D eigenvalue weighted by atomic mass is 9.81. The van der Waals surface area contributed by atoms with E-state index in [-0.39, 0.29) is 0 Å². The van der Waals surface area contributed by atoms with Gasteiger partial charge in [0.25, 0.3) is 0 Å². The lowest BCUT2D eigenvalue weighted by molar-refractivity contribution is 0.139. The van der Waals surface area contributed by atoms with E-state index < -0.39 is 17.5 Å². The maximum Gasteiger partial charge on any atom is 0.142 e. The molecule has 1 aliphatic carbocycles. The Kier molecular flexibility index (Phi) is 3.90. The zero-order valence-electron chi connectivity index (χ0n) is 13.0. The van der Waals surface area contributed by atoms with Crippen LogP contribution in [0.1, 0.15) is 12.8 Å². The van der Waals surface area contributed by atoms with Crippen LogP contribution in [0.2, 0.25) is 0 Å². The number of nitrogens with one attached hydrogen (secondary N) is 1. The molecule has 124 valence electrons. The molecule has 8 heteroatoms. The minimum absolute atomic E-state index is 0.328. The van der Waals surface area contributed by atoms with Gasteiger partial charge in [-0.1, -0.05) is 0 Å². The maximum atomic E-state index is 12.8. The van der Waals surface area contributed by atoms with Crippen LogP contribution in [0, 0.1) is 5.92 Å². The fourth-order valence-corrected chi connectivity index (χ4v) is 4.87. The van der Waals surface area contributed by atoms with Crippen LogP contribution in [0.3, 0.4) is 0 Å². The number of rotatable bonds is 5. The molecule has 1 unspecified atom stereocenters. The van der Waals surface area contributed by atoms with E-state index in [2.05, 4.69) is 26.9 Å². The number of halogens is 1. The summed E-state index contributed by atoms with van der Waals surface area (Å²) in [5, 5.41) is 1.02. The molecule has 1 aliphatic heterocycles. The van der Waals surface area contributed by atoms with Gasteiger partial charge in [0, 0.05) is 36.6 Å². The van der Waals surface area contributed by atoms with Crippen molar-refractivity contribution in [3.63, 3.8) is 0 Å². The molecule has 0 radical (unpaired) electrons. The second-order valence-corrected chi connectivity index (χ2v) is 7.96. The zero-order valence-corrected chi connectivity index (χ0v) is 13.8. The van der Waals surface area contributed by atoms with Gasteiger partial charge in [0.1, 0.15) is 29.7 Å². The molecule has 1 saturated carbocycles. The summed E-state index contributed by atoms with van der Waals surface area (Å²) in [6, 6.07) is 2.40. The Hall–Kier alpha value is -1.38. The van der Waals surface area contributed by atoms with Crippen LogP contribution >= 0.6 is 0 Å². The van der Waals surface area contributed by atoms with Crippen LogP contribution in [0.5, 0.6) is 0 Å². The molecular formula is C15H20FN5OS. The fraction of sp³-hybridized carbons (Fsp3) is 0.600. The van der Waals surface area contributed by atoms with Crippen molar-refractivity contribution < 1.29 is 8.94 Å². The molecule has 4 rings (SSSR count). The van der Waals surface area contributed by atoms with Crippen molar-refractivity contribution in [2.24, 2.45) is 5.92 Å². The molecule has 2 aliphatic rings. The molecule has 2 aromatic heterocycles. The van der Waals surface area contributed by atoms with E-state index in [1.807, 2.05) is 12.3 Å². The Balaban J connectivity index is 1.33. The van der Waals surface area contributed by atoms with Crippen molar-refractivity contribution in [2.45, 2.75) is 25.1 Å². The predicted octanol–water partition coefficient (Wildman–Crippen LogP) is 1.49. The van der Waals surface area contributed by atoms with Gasteiger partial charge < -0.3 is 14.4 Å². The Labute approximate surface area is 137 Å². The molecule has 2 aromatic rings. The molecular weight excluding hydrogens is 317 g/mol. The summed E-state index contributed by atoms with van der Waals surface area (Å²) in [5.74, 6) is 2.04. The van der Waals surface area contributed by atoms with E-state index in [1.54, 1.807) is 10.6 Å². The summed E-state index contributed by atoms with van der Waals surface area (Å²) in [6.07, 6.45) is 4.67. The molecule has 2 fully saturated rings. The van der Waals surface area contributed by atoms with Crippen molar-refractivity contribution in [1.82, 2.24) is 19.3 Å². The first kappa shape index (κ1) is 15.2. The average Bonchev–Trinajstić information content (AvgIpc) is 2.94. The molecule has 23 heavy (non-hydrogen) atoms. The van der Waals surface area contributed by atoms with Gasteiger partial charge in [-0.3, -0.25) is 0 Å². The van der Waals surface area contributed by atoms with Crippen LogP contribution in [-0.2, 0) is 11.4 Å². The molecule has 0 spiro atoms. The summed E-state index contributed by atoms with van der Waals surface area (Å²) >= 11 is -1.02. The van der Waals surface area contributed by atoms with Crippen LogP contribution < -0.4 is 4.90 Å². The van der Waals surface area contributed by atoms with Crippen molar-refractivity contribution >= 4 is 28.2 Å². The normalized spacial score (nSPS) is 26.7. The minimum Gasteiger partial charge on any atom is -0.598 e. The summed E-state index contributed by atoms with van der Waals surface area (Å²) in [5.41, 5.74) is 0.845. The highest BCUT2D eigenvalue weighted by atomic mass is 32.2. The zero-order chi connectivity index (χ0) is 16.0. The SMILES string of the molecule is CN(c1ncnc2[nH]ccc12)[C@H]1C[C@@H](C[S+]([O-])N2CC(F)C2)C1. The van der Waals surface area contributed by atoms with Gasteiger partial charge in [0.05, 0.1) is 18.5 Å². The lowest BCUT2D eigenvalue weighted by Gasteiger charge is -2.43. The number of hydrogen-bond donors (Lipinski definition) is 1. The largest absolute Gasteiger partial charge is 0.598 e. The van der Waals surface area contributed by atoms with Gasteiger partial charge >= 0.3 is 0 Å². The van der Waals surface area contributed by atoms with Gasteiger partial charge in [-0.25, -0.2) is 14.4 Å². The topological polar surface area (TPSA) is 71.1 Å². The van der Waals surface area contributed by atoms with Crippen molar-refractivity contribution in [3.05, 3.63) is 18.6 Å². The van der Waals surface area contributed by atoms with Crippen LogP contribution in [0.25, 0.3) is 11.0 Å². The molecule has 0 bridgehead atoms. The van der Waals surface area contributed by atoms with Crippen LogP contribution in [0.15, 0.2) is 18.6 Å². The van der Waals surface area contributed by atoms with Gasteiger partial charge in [0.2, 0.25) is 0 Å². The number of hydrogen-bond acceptors (Lipinski definition) is 5. The number of nitrogens with zero attached hydrogens (tertiary/aromatic N) is 4. The van der Waals surface area contributed by atoms with E-state index in [9.17, 15) is 8.94 Å². The minimum atomic E-state index is -1.02. The van der Waals surface area contributed by atoms with E-state index >= 15 is 0 Å². The van der Waals surface area contributed by atoms with Gasteiger partial charge in [0.15, 0.2) is 0 Å². The summed E-state index contributed by atoms with van der Waals surface area (Å²) in [7, 11) is 2.05. The first-order valence-corrected chi connectivity index (χ1v) is 9.18. The Morgan fingerprint density at radius 3 is 2.96 bits per heavy atom. The van der Waals surface area contributed by atoms with E-state index in [1.165, 1.54) is 0 Å². The molecule has 1 N–H and O–H groups in total. The summed E-state index contributed by atoms with van der Waals surface area (Å²) in [4.78, 5) is 13.9. The quantitative estimate of drug-likeness (QED) is 0.837. The average molecular weight is 337 g/mol. The highest BCUT2D eigenvalue weighted by Gasteiger charge is 2.41. The number of alkyl halides is 1. The van der Waals surface area contributed by atoms with Gasteiger partial charge in [-0.15, -0.1) is 4.31 Å². The van der Waals surface area contributed by atoms with E-state index in [0.29, 0.717) is 30.8 Å². The molecule has 0 aromatic carbocycles. The van der Waals surface area contributed by atoms with Gasteiger partial charge in [-0.05, 0) is 18.9 Å². The van der Waals surface area contributed by atoms with E-state index in [0.717, 1.165) is 29.7 Å². The number of fused-ring (bicyclic) bond motifs is 1. The number of aromatic nitrogens is 3. The smallest absolute Gasteiger partial charge is 0.142 e. The predicted molar refractivity (Wildman–Crippen MR) is 88.3 cm³/mol. The fourth-order valence-electron chi connectivity index (χ4n) is 3.33. The third-order valence-corrected chi connectivity index (χ3v) is 6.53. The van der Waals surface area contributed by atoms with Crippen molar-refractivity contribution in [2.75, 3.05) is 30.8 Å². The Bertz CT molecular complexity index is 685. The second kappa shape index (κ2) is 5.92. The lowest BCUT2D eigenvalue weighted by Crippen LogP contribution is -2.54. The number of anilines is 1.